The Morgan fingerprint density at radius 1 is 0.306 bits per heavy atom. The molecule has 0 radical (unpaired) electrons. The molecule has 3 heterocycles. The Balaban J connectivity index is 1.03. The molecule has 12 aromatic rings. The maximum Gasteiger partial charge on any atom is 0.164 e. The highest BCUT2D eigenvalue weighted by atomic mass is 16.3. The quantitative estimate of drug-likeness (QED) is 0.161. The standard InChI is InChI=1S/C57H36N4O/c1-4-15-37(16-5-1)39-19-12-21-43(33-39)55-58-56(44-22-13-20-40(34-44)38-17-6-2-7-18-38)60-57(59-55)47-26-14-28-53-54(47)49-36-42(30-32-52(49)62-53)41-29-31-51-48(35-41)46-25-10-11-27-50(46)61(51)45-23-8-3-9-24-45/h1-36H. The maximum absolute atomic E-state index is 6.57. The molecule has 0 amide bonds. The molecule has 0 bridgehead atoms. The Hall–Kier alpha value is -8.41. The maximum atomic E-state index is 6.57. The Bertz CT molecular complexity index is 3530. The van der Waals surface area contributed by atoms with Gasteiger partial charge in [-0.2, -0.15) is 0 Å². The number of para-hydroxylation sites is 2. The molecule has 0 aliphatic rings. The molecule has 0 saturated carbocycles. The molecule has 0 N–H and O–H groups in total. The van der Waals surface area contributed by atoms with Gasteiger partial charge in [0.05, 0.1) is 11.0 Å². The summed E-state index contributed by atoms with van der Waals surface area (Å²) < 4.78 is 8.92. The molecule has 3 aromatic heterocycles. The lowest BCUT2D eigenvalue weighted by Gasteiger charge is -2.11. The fraction of sp³-hybridized carbons (Fsp3) is 0. The number of aromatic nitrogens is 4. The Labute approximate surface area is 357 Å². The molecule has 0 unspecified atom stereocenters. The van der Waals surface area contributed by atoms with Crippen molar-refractivity contribution in [3.05, 3.63) is 218 Å². The van der Waals surface area contributed by atoms with E-state index in [4.69, 9.17) is 19.4 Å². The van der Waals surface area contributed by atoms with Gasteiger partial charge < -0.3 is 8.98 Å². The zero-order valence-corrected chi connectivity index (χ0v) is 33.5. The molecule has 5 heteroatoms. The number of rotatable bonds is 7. The van der Waals surface area contributed by atoms with Gasteiger partial charge >= 0.3 is 0 Å². The molecule has 12 rings (SSSR count). The zero-order valence-electron chi connectivity index (χ0n) is 33.5. The molecule has 62 heavy (non-hydrogen) atoms. The van der Waals surface area contributed by atoms with Crippen molar-refractivity contribution in [1.82, 2.24) is 19.5 Å². The van der Waals surface area contributed by atoms with E-state index in [0.29, 0.717) is 17.5 Å². The summed E-state index contributed by atoms with van der Waals surface area (Å²) in [6.07, 6.45) is 0. The molecule has 0 aliphatic heterocycles. The van der Waals surface area contributed by atoms with Crippen molar-refractivity contribution < 1.29 is 4.42 Å². The van der Waals surface area contributed by atoms with Gasteiger partial charge in [0.25, 0.3) is 0 Å². The third-order valence-electron chi connectivity index (χ3n) is 11.8. The number of hydrogen-bond donors (Lipinski definition) is 0. The van der Waals surface area contributed by atoms with Crippen LogP contribution in [0.2, 0.25) is 0 Å². The summed E-state index contributed by atoms with van der Waals surface area (Å²) in [6.45, 7) is 0. The van der Waals surface area contributed by atoms with E-state index in [1.165, 1.54) is 21.8 Å². The third kappa shape index (κ3) is 6.14. The van der Waals surface area contributed by atoms with Crippen LogP contribution in [-0.4, -0.2) is 19.5 Å². The van der Waals surface area contributed by atoms with Crippen molar-refractivity contribution in [1.29, 1.82) is 0 Å². The highest BCUT2D eigenvalue weighted by Gasteiger charge is 2.20. The summed E-state index contributed by atoms with van der Waals surface area (Å²) in [7, 11) is 0. The molecule has 0 saturated heterocycles. The Morgan fingerprint density at radius 3 is 1.48 bits per heavy atom. The SMILES string of the molecule is c1ccc(-c2cccc(-c3nc(-c4cccc(-c5ccccc5)c4)nc(-c4cccc5oc6ccc(-c7ccc8c(c7)c7ccccc7n8-c7ccccc7)cc6c45)n3)c2)cc1. The minimum Gasteiger partial charge on any atom is -0.456 e. The molecule has 5 nitrogen and oxygen atoms in total. The van der Waals surface area contributed by atoms with Crippen LogP contribution in [0, 0.1) is 0 Å². The van der Waals surface area contributed by atoms with Gasteiger partial charge in [-0.3, -0.25) is 0 Å². The van der Waals surface area contributed by atoms with Crippen LogP contribution < -0.4 is 0 Å². The van der Waals surface area contributed by atoms with Gasteiger partial charge in [0, 0.05) is 43.9 Å². The smallest absolute Gasteiger partial charge is 0.164 e. The van der Waals surface area contributed by atoms with Crippen LogP contribution in [0.3, 0.4) is 0 Å². The zero-order chi connectivity index (χ0) is 41.0. The van der Waals surface area contributed by atoms with Crippen LogP contribution in [0.1, 0.15) is 0 Å². The highest BCUT2D eigenvalue weighted by Crippen LogP contribution is 2.40. The van der Waals surface area contributed by atoms with Crippen LogP contribution in [0.4, 0.5) is 0 Å². The summed E-state index contributed by atoms with van der Waals surface area (Å²) >= 11 is 0. The minimum atomic E-state index is 0.578. The van der Waals surface area contributed by atoms with Crippen molar-refractivity contribution in [2.75, 3.05) is 0 Å². The van der Waals surface area contributed by atoms with Crippen LogP contribution in [0.25, 0.3) is 117 Å². The van der Waals surface area contributed by atoms with Crippen molar-refractivity contribution >= 4 is 43.7 Å². The van der Waals surface area contributed by atoms with Gasteiger partial charge in [-0.25, -0.2) is 15.0 Å². The molecule has 290 valence electrons. The summed E-state index contributed by atoms with van der Waals surface area (Å²) in [5.41, 5.74) is 14.4. The largest absolute Gasteiger partial charge is 0.456 e. The van der Waals surface area contributed by atoms with Crippen LogP contribution in [0.15, 0.2) is 223 Å². The Kier molecular flexibility index (Phi) is 8.42. The average molecular weight is 793 g/mol. The molecule has 9 aromatic carbocycles. The normalized spacial score (nSPS) is 11.5. The molecular formula is C57H36N4O. The van der Waals surface area contributed by atoms with Crippen LogP contribution >= 0.6 is 0 Å². The average Bonchev–Trinajstić information content (AvgIpc) is 3.90. The van der Waals surface area contributed by atoms with E-state index < -0.39 is 0 Å². The van der Waals surface area contributed by atoms with E-state index in [-0.39, 0.29) is 0 Å². The van der Waals surface area contributed by atoms with E-state index in [9.17, 15) is 0 Å². The van der Waals surface area contributed by atoms with Crippen LogP contribution in [-0.2, 0) is 0 Å². The van der Waals surface area contributed by atoms with Crippen molar-refractivity contribution in [2.45, 2.75) is 0 Å². The lowest BCUT2D eigenvalue weighted by Crippen LogP contribution is -2.00. The fourth-order valence-electron chi connectivity index (χ4n) is 8.89. The monoisotopic (exact) mass is 792 g/mol. The summed E-state index contributed by atoms with van der Waals surface area (Å²) in [5.74, 6) is 1.77. The van der Waals surface area contributed by atoms with Crippen molar-refractivity contribution in [3.63, 3.8) is 0 Å². The van der Waals surface area contributed by atoms with E-state index in [1.807, 2.05) is 24.3 Å². The lowest BCUT2D eigenvalue weighted by atomic mass is 9.99. The second-order valence-electron chi connectivity index (χ2n) is 15.6. The second-order valence-corrected chi connectivity index (χ2v) is 15.6. The second kappa shape index (κ2) is 14.7. The molecule has 0 aliphatic carbocycles. The number of hydrogen-bond acceptors (Lipinski definition) is 4. The number of benzene rings is 9. The van der Waals surface area contributed by atoms with Gasteiger partial charge in [-0.05, 0) is 94.0 Å². The van der Waals surface area contributed by atoms with Gasteiger partial charge in [0.1, 0.15) is 11.2 Å². The van der Waals surface area contributed by atoms with E-state index in [2.05, 4.69) is 199 Å². The minimum absolute atomic E-state index is 0.578. The van der Waals surface area contributed by atoms with Crippen molar-refractivity contribution in [3.8, 4) is 73.2 Å². The van der Waals surface area contributed by atoms with Crippen molar-refractivity contribution in [2.24, 2.45) is 0 Å². The Morgan fingerprint density at radius 2 is 0.806 bits per heavy atom. The fourth-order valence-corrected chi connectivity index (χ4v) is 8.89. The molecule has 0 spiro atoms. The van der Waals surface area contributed by atoms with Gasteiger partial charge in [-0.1, -0.05) is 158 Å². The van der Waals surface area contributed by atoms with E-state index >= 15 is 0 Å². The lowest BCUT2D eigenvalue weighted by molar-refractivity contribution is 0.669. The first-order valence-corrected chi connectivity index (χ1v) is 20.8. The molecule has 0 atom stereocenters. The van der Waals surface area contributed by atoms with Gasteiger partial charge in [0.2, 0.25) is 0 Å². The first kappa shape index (κ1) is 35.5. The van der Waals surface area contributed by atoms with E-state index in [0.717, 1.165) is 77.7 Å². The summed E-state index contributed by atoms with van der Waals surface area (Å²) in [4.78, 5) is 15.7. The predicted octanol–water partition coefficient (Wildman–Crippen LogP) is 14.9. The molecule has 0 fully saturated rings. The summed E-state index contributed by atoms with van der Waals surface area (Å²) in [5, 5.41) is 4.39. The van der Waals surface area contributed by atoms with Gasteiger partial charge in [0.15, 0.2) is 17.5 Å². The number of nitrogens with zero attached hydrogens (tertiary/aromatic N) is 4. The number of furan rings is 1. The third-order valence-corrected chi connectivity index (χ3v) is 11.8. The van der Waals surface area contributed by atoms with E-state index in [1.54, 1.807) is 0 Å². The highest BCUT2D eigenvalue weighted by molar-refractivity contribution is 6.14. The molecular weight excluding hydrogens is 757 g/mol. The first-order chi connectivity index (χ1) is 30.7. The topological polar surface area (TPSA) is 56.7 Å². The summed E-state index contributed by atoms with van der Waals surface area (Å²) in [6, 6.07) is 76.3. The van der Waals surface area contributed by atoms with Crippen LogP contribution in [0.5, 0.6) is 0 Å². The number of fused-ring (bicyclic) bond motifs is 6. The predicted molar refractivity (Wildman–Crippen MR) is 254 cm³/mol. The first-order valence-electron chi connectivity index (χ1n) is 20.8. The van der Waals surface area contributed by atoms with Gasteiger partial charge in [-0.15, -0.1) is 0 Å².